The summed E-state index contributed by atoms with van der Waals surface area (Å²) < 4.78 is 2.28. The van der Waals surface area contributed by atoms with Crippen molar-refractivity contribution in [1.82, 2.24) is 19.9 Å². The zero-order valence-electron chi connectivity index (χ0n) is 21.0. The fourth-order valence-electron chi connectivity index (χ4n) is 5.15. The van der Waals surface area contributed by atoms with Crippen molar-refractivity contribution in [3.05, 3.63) is 70.0 Å². The first-order valence-corrected chi connectivity index (χ1v) is 13.5. The number of imidazole rings is 1. The summed E-state index contributed by atoms with van der Waals surface area (Å²) in [5.74, 6) is 1.27. The van der Waals surface area contributed by atoms with E-state index in [1.807, 2.05) is 55.5 Å². The number of ketones is 1. The van der Waals surface area contributed by atoms with Gasteiger partial charge in [-0.1, -0.05) is 19.9 Å². The number of benzene rings is 1. The number of aromatic nitrogens is 3. The number of rotatable bonds is 7. The Balaban J connectivity index is 1.48. The lowest BCUT2D eigenvalue weighted by Crippen LogP contribution is -2.38. The van der Waals surface area contributed by atoms with Crippen molar-refractivity contribution in [3.8, 4) is 11.5 Å². The summed E-state index contributed by atoms with van der Waals surface area (Å²) in [5.41, 5.74) is 3.32. The Kier molecular flexibility index (Phi) is 7.01. The van der Waals surface area contributed by atoms with Crippen LogP contribution in [0.25, 0.3) is 22.6 Å². The summed E-state index contributed by atoms with van der Waals surface area (Å²) in [6.45, 7) is 6.13. The minimum atomic E-state index is 0.00694. The molecule has 0 spiro atoms. The van der Waals surface area contributed by atoms with Crippen molar-refractivity contribution in [2.24, 2.45) is 5.92 Å². The van der Waals surface area contributed by atoms with E-state index >= 15 is 0 Å². The molecule has 2 atom stereocenters. The normalized spacial score (nSPS) is 18.0. The molecule has 1 N–H and O–H groups in total. The molecular formula is C29H32N4O2S. The molecule has 1 aliphatic carbocycles. The Hall–Kier alpha value is -3.32. The zero-order valence-corrected chi connectivity index (χ0v) is 21.8. The van der Waals surface area contributed by atoms with Crippen LogP contribution < -0.4 is 5.32 Å². The van der Waals surface area contributed by atoms with Crippen LogP contribution in [0.2, 0.25) is 0 Å². The first kappa shape index (κ1) is 24.4. The quantitative estimate of drug-likeness (QED) is 0.290. The van der Waals surface area contributed by atoms with Gasteiger partial charge in [0.2, 0.25) is 0 Å². The maximum Gasteiger partial charge on any atom is 0.261 e. The number of carbonyl (C=O) groups excluding carboxylic acids is 2. The van der Waals surface area contributed by atoms with E-state index in [1.54, 1.807) is 6.20 Å². The molecule has 0 bridgehead atoms. The third kappa shape index (κ3) is 5.12. The second-order valence-corrected chi connectivity index (χ2v) is 11.4. The number of hydrogen-bond acceptors (Lipinski definition) is 5. The maximum atomic E-state index is 12.8. The highest BCUT2D eigenvalue weighted by atomic mass is 32.1. The third-order valence-corrected chi connectivity index (χ3v) is 7.81. The highest BCUT2D eigenvalue weighted by Crippen LogP contribution is 2.36. The van der Waals surface area contributed by atoms with E-state index in [0.717, 1.165) is 58.0 Å². The van der Waals surface area contributed by atoms with Gasteiger partial charge in [-0.3, -0.25) is 14.6 Å². The highest BCUT2D eigenvalue weighted by molar-refractivity contribution is 7.13. The summed E-state index contributed by atoms with van der Waals surface area (Å²) >= 11 is 1.53. The molecule has 6 nitrogen and oxygen atoms in total. The van der Waals surface area contributed by atoms with Crippen LogP contribution in [0.15, 0.2) is 54.7 Å². The molecule has 1 aromatic carbocycles. The molecule has 3 heterocycles. The molecule has 1 fully saturated rings. The lowest BCUT2D eigenvalue weighted by Gasteiger charge is -2.32. The van der Waals surface area contributed by atoms with Crippen LogP contribution in [0.4, 0.5) is 0 Å². The van der Waals surface area contributed by atoms with Crippen LogP contribution in [0.5, 0.6) is 0 Å². The number of thiophene rings is 1. The van der Waals surface area contributed by atoms with E-state index in [9.17, 15) is 9.59 Å². The van der Waals surface area contributed by atoms with Gasteiger partial charge in [0, 0.05) is 35.1 Å². The van der Waals surface area contributed by atoms with E-state index in [2.05, 4.69) is 28.7 Å². The van der Waals surface area contributed by atoms with Crippen molar-refractivity contribution >= 4 is 34.1 Å². The van der Waals surface area contributed by atoms with Crippen molar-refractivity contribution in [2.75, 3.05) is 0 Å². The molecule has 4 aromatic rings. The van der Waals surface area contributed by atoms with Gasteiger partial charge in [0.15, 0.2) is 11.6 Å². The van der Waals surface area contributed by atoms with Gasteiger partial charge >= 0.3 is 0 Å². The molecule has 0 saturated heterocycles. The van der Waals surface area contributed by atoms with Crippen LogP contribution in [0.1, 0.15) is 76.9 Å². The molecule has 1 saturated carbocycles. The molecule has 36 heavy (non-hydrogen) atoms. The van der Waals surface area contributed by atoms with Crippen LogP contribution in [0, 0.1) is 12.8 Å². The zero-order chi connectivity index (χ0) is 25.2. The SMILES string of the molecule is Cc1ccc(C(=O)NC2CCCC(n3c(-c4ccccn4)nc4cc(C(=O)CC(C)C)ccc43)C2)s1. The second kappa shape index (κ2) is 10.3. The Morgan fingerprint density at radius 1 is 1.14 bits per heavy atom. The molecule has 7 heteroatoms. The van der Waals surface area contributed by atoms with Gasteiger partial charge in [-0.15, -0.1) is 11.3 Å². The Labute approximate surface area is 215 Å². The Morgan fingerprint density at radius 2 is 2.00 bits per heavy atom. The third-order valence-electron chi connectivity index (χ3n) is 6.81. The molecule has 1 amide bonds. The second-order valence-electron chi connectivity index (χ2n) is 10.1. The number of nitrogens with one attached hydrogen (secondary N) is 1. The highest BCUT2D eigenvalue weighted by Gasteiger charge is 2.29. The van der Waals surface area contributed by atoms with Gasteiger partial charge in [0.25, 0.3) is 5.91 Å². The van der Waals surface area contributed by atoms with Gasteiger partial charge in [0.05, 0.1) is 15.9 Å². The van der Waals surface area contributed by atoms with Gasteiger partial charge in [-0.05, 0) is 81.0 Å². The van der Waals surface area contributed by atoms with Crippen LogP contribution in [0.3, 0.4) is 0 Å². The molecule has 186 valence electrons. The fraction of sp³-hybridized carbons (Fsp3) is 0.379. The lowest BCUT2D eigenvalue weighted by atomic mass is 9.90. The van der Waals surface area contributed by atoms with E-state index in [4.69, 9.17) is 4.98 Å². The van der Waals surface area contributed by atoms with E-state index in [0.29, 0.717) is 17.9 Å². The van der Waals surface area contributed by atoms with Gasteiger partial charge in [-0.2, -0.15) is 0 Å². The summed E-state index contributed by atoms with van der Waals surface area (Å²) in [5, 5.41) is 3.27. The summed E-state index contributed by atoms with van der Waals surface area (Å²) in [6, 6.07) is 15.9. The average molecular weight is 501 g/mol. The van der Waals surface area contributed by atoms with E-state index < -0.39 is 0 Å². The minimum absolute atomic E-state index is 0.00694. The summed E-state index contributed by atoms with van der Waals surface area (Å²) in [7, 11) is 0. The standard InChI is InChI=1S/C29H32N4O2S/c1-18(2)15-26(34)20-11-12-25-24(16-20)32-28(23-9-4-5-14-30-23)33(25)22-8-6-7-21(17-22)31-29(35)27-13-10-19(3)36-27/h4-5,9-14,16,18,21-22H,6-8,15,17H2,1-3H3,(H,31,35). The molecule has 3 aromatic heterocycles. The first-order valence-electron chi connectivity index (χ1n) is 12.7. The Bertz CT molecular complexity index is 1390. The molecular weight excluding hydrogens is 468 g/mol. The van der Waals surface area contributed by atoms with Crippen molar-refractivity contribution in [2.45, 2.75) is 65.0 Å². The van der Waals surface area contributed by atoms with Crippen molar-refractivity contribution in [3.63, 3.8) is 0 Å². The molecule has 5 rings (SSSR count). The van der Waals surface area contributed by atoms with Gasteiger partial charge < -0.3 is 9.88 Å². The maximum absolute atomic E-state index is 12.8. The van der Waals surface area contributed by atoms with Crippen LogP contribution in [-0.2, 0) is 0 Å². The molecule has 2 unspecified atom stereocenters. The number of aryl methyl sites for hydroxylation is 1. The predicted molar refractivity (Wildman–Crippen MR) is 145 cm³/mol. The Morgan fingerprint density at radius 3 is 2.72 bits per heavy atom. The number of carbonyl (C=O) groups is 2. The molecule has 0 radical (unpaired) electrons. The number of Topliss-reactive ketones (excluding diaryl/α,β-unsaturated/α-hetero) is 1. The molecule has 1 aliphatic rings. The van der Waals surface area contributed by atoms with Crippen molar-refractivity contribution < 1.29 is 9.59 Å². The first-order chi connectivity index (χ1) is 17.4. The summed E-state index contributed by atoms with van der Waals surface area (Å²) in [6.07, 6.45) is 6.12. The predicted octanol–water partition coefficient (Wildman–Crippen LogP) is 6.61. The van der Waals surface area contributed by atoms with Gasteiger partial charge in [-0.25, -0.2) is 4.98 Å². The van der Waals surface area contributed by atoms with E-state index in [-0.39, 0.29) is 23.8 Å². The number of pyridine rings is 1. The monoisotopic (exact) mass is 500 g/mol. The number of nitrogens with zero attached hydrogens (tertiary/aromatic N) is 3. The van der Waals surface area contributed by atoms with Crippen LogP contribution >= 0.6 is 11.3 Å². The fourth-order valence-corrected chi connectivity index (χ4v) is 5.92. The lowest BCUT2D eigenvalue weighted by molar-refractivity contribution is 0.0923. The van der Waals surface area contributed by atoms with Gasteiger partial charge in [0.1, 0.15) is 5.69 Å². The number of hydrogen-bond donors (Lipinski definition) is 1. The average Bonchev–Trinajstić information content (AvgIpc) is 3.47. The number of amides is 1. The topological polar surface area (TPSA) is 76.9 Å². The largest absolute Gasteiger partial charge is 0.349 e. The number of fused-ring (bicyclic) bond motifs is 1. The molecule has 0 aliphatic heterocycles. The van der Waals surface area contributed by atoms with Crippen molar-refractivity contribution in [1.29, 1.82) is 0 Å². The minimum Gasteiger partial charge on any atom is -0.349 e. The van der Waals surface area contributed by atoms with E-state index in [1.165, 1.54) is 11.3 Å². The van der Waals surface area contributed by atoms with Crippen LogP contribution in [-0.4, -0.2) is 32.3 Å². The smallest absolute Gasteiger partial charge is 0.261 e. The summed E-state index contributed by atoms with van der Waals surface area (Å²) in [4.78, 5) is 37.0.